The molecule has 1 aliphatic rings. The van der Waals surface area contributed by atoms with Crippen LogP contribution in [0.4, 0.5) is 9.18 Å². The molecule has 0 aliphatic carbocycles. The van der Waals surface area contributed by atoms with Crippen LogP contribution in [0.25, 0.3) is 11.3 Å². The molecule has 2 aromatic rings. The fraction of sp³-hybridized carbons (Fsp3) is 0.412. The standard InChI is InChI=1S/C17H20FN3OS/c18-14-6-4-13(5-7-14)15-12-23-16(20-15)8-9-19-17(22)21-10-2-1-3-11-21/h4-7,12H,1-3,8-11H2,(H,19,22). The van der Waals surface area contributed by atoms with E-state index in [1.54, 1.807) is 23.5 Å². The summed E-state index contributed by atoms with van der Waals surface area (Å²) in [4.78, 5) is 18.4. The zero-order valence-corrected chi connectivity index (χ0v) is 13.7. The van der Waals surface area contributed by atoms with E-state index >= 15 is 0 Å². The molecular weight excluding hydrogens is 313 g/mol. The quantitative estimate of drug-likeness (QED) is 0.927. The lowest BCUT2D eigenvalue weighted by Crippen LogP contribution is -2.43. The number of hydrogen-bond donors (Lipinski definition) is 1. The van der Waals surface area contributed by atoms with Crippen molar-refractivity contribution in [3.05, 3.63) is 40.5 Å². The number of carbonyl (C=O) groups excluding carboxylic acids is 1. The molecule has 2 amide bonds. The molecule has 1 saturated heterocycles. The highest BCUT2D eigenvalue weighted by Gasteiger charge is 2.15. The molecule has 4 nitrogen and oxygen atoms in total. The SMILES string of the molecule is O=C(NCCc1nc(-c2ccc(F)cc2)cs1)N1CCCCC1. The summed E-state index contributed by atoms with van der Waals surface area (Å²) in [6, 6.07) is 6.36. The molecule has 0 unspecified atom stereocenters. The lowest BCUT2D eigenvalue weighted by Gasteiger charge is -2.26. The van der Waals surface area contributed by atoms with Crippen molar-refractivity contribution in [1.29, 1.82) is 0 Å². The average molecular weight is 333 g/mol. The number of benzene rings is 1. The van der Waals surface area contributed by atoms with E-state index in [2.05, 4.69) is 10.3 Å². The lowest BCUT2D eigenvalue weighted by atomic mass is 10.1. The van der Waals surface area contributed by atoms with Crippen molar-refractivity contribution in [1.82, 2.24) is 15.2 Å². The topological polar surface area (TPSA) is 45.2 Å². The van der Waals surface area contributed by atoms with Crippen molar-refractivity contribution in [2.45, 2.75) is 25.7 Å². The number of aromatic nitrogens is 1. The molecule has 2 heterocycles. The Morgan fingerprint density at radius 3 is 2.70 bits per heavy atom. The summed E-state index contributed by atoms with van der Waals surface area (Å²) >= 11 is 1.57. The number of halogens is 1. The Morgan fingerprint density at radius 1 is 1.22 bits per heavy atom. The normalized spacial score (nSPS) is 14.7. The second-order valence-electron chi connectivity index (χ2n) is 5.66. The van der Waals surface area contributed by atoms with Gasteiger partial charge < -0.3 is 10.2 Å². The summed E-state index contributed by atoms with van der Waals surface area (Å²) in [6.45, 7) is 2.31. The summed E-state index contributed by atoms with van der Waals surface area (Å²) in [7, 11) is 0. The van der Waals surface area contributed by atoms with Crippen LogP contribution in [0.3, 0.4) is 0 Å². The molecule has 1 N–H and O–H groups in total. The van der Waals surface area contributed by atoms with Crippen LogP contribution in [0, 0.1) is 5.82 Å². The molecule has 1 aromatic carbocycles. The van der Waals surface area contributed by atoms with Crippen LogP contribution >= 0.6 is 11.3 Å². The van der Waals surface area contributed by atoms with Gasteiger partial charge in [-0.05, 0) is 43.5 Å². The molecule has 6 heteroatoms. The molecule has 0 saturated carbocycles. The Hall–Kier alpha value is -1.95. The summed E-state index contributed by atoms with van der Waals surface area (Å²) in [5.41, 5.74) is 1.76. The number of thiazole rings is 1. The van der Waals surface area contributed by atoms with E-state index in [-0.39, 0.29) is 11.8 Å². The molecule has 23 heavy (non-hydrogen) atoms. The van der Waals surface area contributed by atoms with Crippen LogP contribution in [-0.2, 0) is 6.42 Å². The predicted octanol–water partition coefficient (Wildman–Crippen LogP) is 3.69. The van der Waals surface area contributed by atoms with Gasteiger partial charge in [0, 0.05) is 37.0 Å². The van der Waals surface area contributed by atoms with Gasteiger partial charge >= 0.3 is 6.03 Å². The highest BCUT2D eigenvalue weighted by atomic mass is 32.1. The maximum Gasteiger partial charge on any atom is 0.317 e. The first-order chi connectivity index (χ1) is 11.2. The summed E-state index contributed by atoms with van der Waals surface area (Å²) in [5, 5.41) is 5.90. The van der Waals surface area contributed by atoms with Crippen LogP contribution in [0.1, 0.15) is 24.3 Å². The van der Waals surface area contributed by atoms with Gasteiger partial charge in [0.1, 0.15) is 5.82 Å². The van der Waals surface area contributed by atoms with Crippen LogP contribution in [-0.4, -0.2) is 35.5 Å². The van der Waals surface area contributed by atoms with E-state index in [9.17, 15) is 9.18 Å². The molecule has 0 atom stereocenters. The van der Waals surface area contributed by atoms with Gasteiger partial charge in [0.25, 0.3) is 0 Å². The van der Waals surface area contributed by atoms with Crippen molar-refractivity contribution >= 4 is 17.4 Å². The summed E-state index contributed by atoms with van der Waals surface area (Å²) in [5.74, 6) is -0.246. The van der Waals surface area contributed by atoms with Gasteiger partial charge in [-0.2, -0.15) is 0 Å². The molecule has 0 bridgehead atoms. The number of rotatable bonds is 4. The van der Waals surface area contributed by atoms with Crippen LogP contribution in [0.15, 0.2) is 29.6 Å². The smallest absolute Gasteiger partial charge is 0.317 e. The van der Waals surface area contributed by atoms with E-state index in [1.165, 1.54) is 18.6 Å². The lowest BCUT2D eigenvalue weighted by molar-refractivity contribution is 0.186. The minimum absolute atomic E-state index is 0.0278. The van der Waals surface area contributed by atoms with E-state index in [4.69, 9.17) is 0 Å². The number of urea groups is 1. The number of hydrogen-bond acceptors (Lipinski definition) is 3. The second kappa shape index (κ2) is 7.55. The molecule has 1 aliphatic heterocycles. The maximum atomic E-state index is 12.9. The molecule has 0 radical (unpaired) electrons. The van der Waals surface area contributed by atoms with Gasteiger partial charge in [0.15, 0.2) is 0 Å². The zero-order chi connectivity index (χ0) is 16.1. The fourth-order valence-electron chi connectivity index (χ4n) is 2.66. The van der Waals surface area contributed by atoms with Crippen LogP contribution in [0.5, 0.6) is 0 Å². The van der Waals surface area contributed by atoms with E-state index in [0.717, 1.165) is 42.2 Å². The average Bonchev–Trinajstić information content (AvgIpc) is 3.05. The number of amides is 2. The number of nitrogens with one attached hydrogen (secondary N) is 1. The Labute approximate surface area is 139 Å². The van der Waals surface area contributed by atoms with Gasteiger partial charge in [-0.15, -0.1) is 11.3 Å². The van der Waals surface area contributed by atoms with Crippen LogP contribution in [0.2, 0.25) is 0 Å². The summed E-state index contributed by atoms with van der Waals surface area (Å²) < 4.78 is 12.9. The van der Waals surface area contributed by atoms with E-state index in [1.807, 2.05) is 10.3 Å². The molecular formula is C17H20FN3OS. The molecule has 1 aromatic heterocycles. The largest absolute Gasteiger partial charge is 0.338 e. The number of carbonyl (C=O) groups is 1. The van der Waals surface area contributed by atoms with Crippen molar-refractivity contribution < 1.29 is 9.18 Å². The Kier molecular flexibility index (Phi) is 5.23. The van der Waals surface area contributed by atoms with Crippen molar-refractivity contribution in [3.8, 4) is 11.3 Å². The number of nitrogens with zero attached hydrogens (tertiary/aromatic N) is 2. The first-order valence-electron chi connectivity index (χ1n) is 7.95. The van der Waals surface area contributed by atoms with E-state index < -0.39 is 0 Å². The van der Waals surface area contributed by atoms with Crippen molar-refractivity contribution in [3.63, 3.8) is 0 Å². The van der Waals surface area contributed by atoms with Crippen molar-refractivity contribution in [2.24, 2.45) is 0 Å². The third kappa shape index (κ3) is 4.28. The van der Waals surface area contributed by atoms with Gasteiger partial charge in [-0.3, -0.25) is 0 Å². The third-order valence-electron chi connectivity index (χ3n) is 3.95. The Balaban J connectivity index is 1.49. The highest BCUT2D eigenvalue weighted by Crippen LogP contribution is 2.22. The number of piperidine rings is 1. The van der Waals surface area contributed by atoms with Gasteiger partial charge in [0.2, 0.25) is 0 Å². The molecule has 1 fully saturated rings. The van der Waals surface area contributed by atoms with Gasteiger partial charge in [0.05, 0.1) is 10.7 Å². The molecule has 3 rings (SSSR count). The number of likely N-dealkylation sites (tertiary alicyclic amines) is 1. The van der Waals surface area contributed by atoms with Crippen molar-refractivity contribution in [2.75, 3.05) is 19.6 Å². The third-order valence-corrected chi connectivity index (χ3v) is 4.86. The predicted molar refractivity (Wildman–Crippen MR) is 90.0 cm³/mol. The zero-order valence-electron chi connectivity index (χ0n) is 12.9. The minimum Gasteiger partial charge on any atom is -0.338 e. The fourth-order valence-corrected chi connectivity index (χ4v) is 3.47. The second-order valence-corrected chi connectivity index (χ2v) is 6.61. The minimum atomic E-state index is -0.246. The first kappa shape index (κ1) is 15.9. The van der Waals surface area contributed by atoms with Gasteiger partial charge in [-0.1, -0.05) is 0 Å². The maximum absolute atomic E-state index is 12.9. The molecule has 0 spiro atoms. The van der Waals surface area contributed by atoms with E-state index in [0.29, 0.717) is 13.0 Å². The van der Waals surface area contributed by atoms with Gasteiger partial charge in [-0.25, -0.2) is 14.2 Å². The highest BCUT2D eigenvalue weighted by molar-refractivity contribution is 7.09. The Bertz CT molecular complexity index is 650. The Morgan fingerprint density at radius 2 is 1.96 bits per heavy atom. The first-order valence-corrected chi connectivity index (χ1v) is 8.83. The monoisotopic (exact) mass is 333 g/mol. The van der Waals surface area contributed by atoms with Crippen LogP contribution < -0.4 is 5.32 Å². The summed E-state index contributed by atoms with van der Waals surface area (Å²) in [6.07, 6.45) is 4.13. The molecule has 122 valence electrons.